The Hall–Kier alpha value is -2.43. The summed E-state index contributed by atoms with van der Waals surface area (Å²) in [5, 5.41) is 11.9. The summed E-state index contributed by atoms with van der Waals surface area (Å²) >= 11 is 0. The number of phenols is 1. The van der Waals surface area contributed by atoms with Gasteiger partial charge < -0.3 is 10.4 Å². The minimum Gasteiger partial charge on any atom is -0.507 e. The van der Waals surface area contributed by atoms with E-state index in [0.717, 1.165) is 12.1 Å². The van der Waals surface area contributed by atoms with Gasteiger partial charge in [0.15, 0.2) is 0 Å². The molecule has 1 amide bonds. The van der Waals surface area contributed by atoms with Gasteiger partial charge in [0, 0.05) is 18.2 Å². The number of phenolic OH excluding ortho intramolecular Hbond substituents is 1. The number of carbonyl (C=O) groups excluding carboxylic acids is 1. The Bertz CT molecular complexity index is 614. The van der Waals surface area contributed by atoms with Gasteiger partial charge in [-0.3, -0.25) is 4.79 Å². The third kappa shape index (κ3) is 3.07. The van der Waals surface area contributed by atoms with Crippen molar-refractivity contribution in [1.29, 1.82) is 0 Å². The summed E-state index contributed by atoms with van der Waals surface area (Å²) in [6.45, 7) is -0.0116. The zero-order valence-electron chi connectivity index (χ0n) is 9.86. The molecule has 5 heteroatoms. The topological polar surface area (TPSA) is 49.3 Å². The van der Waals surface area contributed by atoms with Crippen LogP contribution in [0.15, 0.2) is 42.5 Å². The Morgan fingerprint density at radius 3 is 2.58 bits per heavy atom. The molecule has 2 aromatic rings. The van der Waals surface area contributed by atoms with Gasteiger partial charge in [-0.25, -0.2) is 8.78 Å². The molecule has 19 heavy (non-hydrogen) atoms. The highest BCUT2D eigenvalue weighted by atomic mass is 19.1. The summed E-state index contributed by atoms with van der Waals surface area (Å²) in [5.74, 6) is -2.11. The molecule has 0 atom stereocenters. The van der Waals surface area contributed by atoms with Crippen LogP contribution >= 0.6 is 0 Å². The molecule has 0 saturated heterocycles. The molecular formula is C14H11F2NO2. The molecule has 0 radical (unpaired) electrons. The molecule has 0 saturated carbocycles. The largest absolute Gasteiger partial charge is 0.507 e. The maximum atomic E-state index is 13.3. The number of benzene rings is 2. The van der Waals surface area contributed by atoms with Gasteiger partial charge in [-0.1, -0.05) is 18.2 Å². The Morgan fingerprint density at radius 2 is 1.89 bits per heavy atom. The maximum absolute atomic E-state index is 13.3. The lowest BCUT2D eigenvalue weighted by Gasteiger charge is -2.07. The lowest BCUT2D eigenvalue weighted by Crippen LogP contribution is -2.23. The van der Waals surface area contributed by atoms with Crippen molar-refractivity contribution >= 4 is 5.91 Å². The van der Waals surface area contributed by atoms with E-state index < -0.39 is 23.3 Å². The summed E-state index contributed by atoms with van der Waals surface area (Å²) in [4.78, 5) is 11.7. The highest BCUT2D eigenvalue weighted by molar-refractivity contribution is 5.96. The quantitative estimate of drug-likeness (QED) is 0.894. The first-order chi connectivity index (χ1) is 9.08. The van der Waals surface area contributed by atoms with Crippen LogP contribution in [-0.2, 0) is 6.54 Å². The predicted molar refractivity (Wildman–Crippen MR) is 65.6 cm³/mol. The first-order valence-electron chi connectivity index (χ1n) is 5.58. The molecule has 98 valence electrons. The van der Waals surface area contributed by atoms with Crippen molar-refractivity contribution < 1.29 is 18.7 Å². The lowest BCUT2D eigenvalue weighted by atomic mass is 10.1. The van der Waals surface area contributed by atoms with Crippen LogP contribution in [0.2, 0.25) is 0 Å². The van der Waals surface area contributed by atoms with Crippen molar-refractivity contribution in [2.45, 2.75) is 6.54 Å². The van der Waals surface area contributed by atoms with E-state index in [-0.39, 0.29) is 12.1 Å². The van der Waals surface area contributed by atoms with Crippen LogP contribution in [-0.4, -0.2) is 11.0 Å². The standard InChI is InChI=1S/C14H11F2NO2/c15-10-5-6-11(13(18)7-10)14(19)17-8-9-3-1-2-4-12(9)16/h1-7,18H,8H2,(H,17,19). The zero-order valence-corrected chi connectivity index (χ0v) is 9.86. The van der Waals surface area contributed by atoms with Gasteiger partial charge >= 0.3 is 0 Å². The van der Waals surface area contributed by atoms with Gasteiger partial charge in [0.25, 0.3) is 5.91 Å². The first-order valence-corrected chi connectivity index (χ1v) is 5.58. The number of halogens is 2. The average Bonchev–Trinajstić information content (AvgIpc) is 2.37. The Kier molecular flexibility index (Phi) is 3.75. The second kappa shape index (κ2) is 5.48. The Balaban J connectivity index is 2.08. The van der Waals surface area contributed by atoms with Gasteiger partial charge in [-0.05, 0) is 18.2 Å². The molecule has 0 fully saturated rings. The van der Waals surface area contributed by atoms with Crippen molar-refractivity contribution in [2.24, 2.45) is 0 Å². The van der Waals surface area contributed by atoms with Crippen LogP contribution in [0.5, 0.6) is 5.75 Å². The van der Waals surface area contributed by atoms with Gasteiger partial charge in [0.2, 0.25) is 0 Å². The van der Waals surface area contributed by atoms with Crippen molar-refractivity contribution in [1.82, 2.24) is 5.32 Å². The molecule has 0 aliphatic carbocycles. The molecule has 0 aliphatic heterocycles. The molecule has 2 N–H and O–H groups in total. The van der Waals surface area contributed by atoms with Gasteiger partial charge in [0.05, 0.1) is 5.56 Å². The normalized spacial score (nSPS) is 10.2. The molecule has 3 nitrogen and oxygen atoms in total. The summed E-state index contributed by atoms with van der Waals surface area (Å²) in [6, 6.07) is 9.11. The second-order valence-electron chi connectivity index (χ2n) is 3.94. The Labute approximate surface area is 108 Å². The highest BCUT2D eigenvalue weighted by Gasteiger charge is 2.12. The third-order valence-electron chi connectivity index (χ3n) is 2.60. The van der Waals surface area contributed by atoms with Gasteiger partial charge in [-0.15, -0.1) is 0 Å². The third-order valence-corrected chi connectivity index (χ3v) is 2.60. The van der Waals surface area contributed by atoms with Crippen LogP contribution < -0.4 is 5.32 Å². The molecule has 2 rings (SSSR count). The molecular weight excluding hydrogens is 252 g/mol. The van der Waals surface area contributed by atoms with Crippen molar-refractivity contribution in [2.75, 3.05) is 0 Å². The van der Waals surface area contributed by atoms with Crippen molar-refractivity contribution in [3.63, 3.8) is 0 Å². The van der Waals surface area contributed by atoms with Crippen LogP contribution in [0.1, 0.15) is 15.9 Å². The summed E-state index contributed by atoms with van der Waals surface area (Å²) < 4.78 is 26.1. The number of carbonyl (C=O) groups is 1. The minimum atomic E-state index is -0.636. The number of rotatable bonds is 3. The fourth-order valence-electron chi connectivity index (χ4n) is 1.61. The number of hydrogen-bond donors (Lipinski definition) is 2. The number of hydrogen-bond acceptors (Lipinski definition) is 2. The monoisotopic (exact) mass is 263 g/mol. The van der Waals surface area contributed by atoms with Gasteiger partial charge in [0.1, 0.15) is 17.4 Å². The van der Waals surface area contributed by atoms with E-state index in [1.807, 2.05) is 0 Å². The lowest BCUT2D eigenvalue weighted by molar-refractivity contribution is 0.0948. The second-order valence-corrected chi connectivity index (χ2v) is 3.94. The molecule has 0 unspecified atom stereocenters. The van der Waals surface area contributed by atoms with Crippen molar-refractivity contribution in [3.05, 3.63) is 65.2 Å². The number of aromatic hydroxyl groups is 1. The van der Waals surface area contributed by atoms with Crippen LogP contribution in [0, 0.1) is 11.6 Å². The maximum Gasteiger partial charge on any atom is 0.255 e. The summed E-state index contributed by atoms with van der Waals surface area (Å²) in [7, 11) is 0. The van der Waals surface area contributed by atoms with E-state index in [9.17, 15) is 18.7 Å². The van der Waals surface area contributed by atoms with Gasteiger partial charge in [-0.2, -0.15) is 0 Å². The smallest absolute Gasteiger partial charge is 0.255 e. The van der Waals surface area contributed by atoms with Crippen LogP contribution in [0.3, 0.4) is 0 Å². The van der Waals surface area contributed by atoms with E-state index in [1.54, 1.807) is 18.2 Å². The van der Waals surface area contributed by atoms with E-state index in [1.165, 1.54) is 12.1 Å². The first kappa shape index (κ1) is 13.0. The summed E-state index contributed by atoms with van der Waals surface area (Å²) in [6.07, 6.45) is 0. The van der Waals surface area contributed by atoms with Crippen LogP contribution in [0.4, 0.5) is 8.78 Å². The average molecular weight is 263 g/mol. The molecule has 0 aromatic heterocycles. The molecule has 0 aliphatic rings. The van der Waals surface area contributed by atoms with E-state index in [4.69, 9.17) is 0 Å². The molecule has 0 bridgehead atoms. The molecule has 2 aromatic carbocycles. The minimum absolute atomic E-state index is 0.0116. The van der Waals surface area contributed by atoms with Crippen molar-refractivity contribution in [3.8, 4) is 5.75 Å². The van der Waals surface area contributed by atoms with E-state index >= 15 is 0 Å². The van der Waals surface area contributed by atoms with E-state index in [0.29, 0.717) is 5.56 Å². The fourth-order valence-corrected chi connectivity index (χ4v) is 1.61. The number of amides is 1. The molecule has 0 spiro atoms. The predicted octanol–water partition coefficient (Wildman–Crippen LogP) is 2.60. The highest BCUT2D eigenvalue weighted by Crippen LogP contribution is 2.18. The molecule has 0 heterocycles. The summed E-state index contributed by atoms with van der Waals surface area (Å²) in [5.41, 5.74) is 0.273. The number of nitrogens with one attached hydrogen (secondary N) is 1. The fraction of sp³-hybridized carbons (Fsp3) is 0.0714. The van der Waals surface area contributed by atoms with E-state index in [2.05, 4.69) is 5.32 Å². The Morgan fingerprint density at radius 1 is 1.16 bits per heavy atom. The SMILES string of the molecule is O=C(NCc1ccccc1F)c1ccc(F)cc1O. The zero-order chi connectivity index (χ0) is 13.8. The van der Waals surface area contributed by atoms with Crippen LogP contribution in [0.25, 0.3) is 0 Å².